The van der Waals surface area contributed by atoms with Gasteiger partial charge in [0.15, 0.2) is 0 Å². The molecule has 1 aromatic rings. The second-order valence-corrected chi connectivity index (χ2v) is 6.41. The van der Waals surface area contributed by atoms with Gasteiger partial charge < -0.3 is 14.6 Å². The highest BCUT2D eigenvalue weighted by Crippen LogP contribution is 2.35. The van der Waals surface area contributed by atoms with E-state index in [9.17, 15) is 4.79 Å². The SMILES string of the molecule is O=C(O)c1cc(Br)c(OCCCC2CCCO2)c(Br)c1. The van der Waals surface area contributed by atoms with Gasteiger partial charge in [0.1, 0.15) is 5.75 Å². The van der Waals surface area contributed by atoms with Gasteiger partial charge in [-0.1, -0.05) is 0 Å². The Morgan fingerprint density at radius 3 is 2.65 bits per heavy atom. The van der Waals surface area contributed by atoms with Gasteiger partial charge in [0, 0.05) is 6.61 Å². The number of hydrogen-bond donors (Lipinski definition) is 1. The molecule has 0 radical (unpaired) electrons. The van der Waals surface area contributed by atoms with Gasteiger partial charge in [-0.2, -0.15) is 0 Å². The van der Waals surface area contributed by atoms with E-state index in [0.29, 0.717) is 27.4 Å². The van der Waals surface area contributed by atoms with Crippen molar-refractivity contribution >= 4 is 37.8 Å². The van der Waals surface area contributed by atoms with Crippen molar-refractivity contribution in [2.24, 2.45) is 0 Å². The standard InChI is InChI=1S/C14H16Br2O4/c15-11-7-9(14(17)18)8-12(16)13(11)20-6-2-4-10-3-1-5-19-10/h7-8,10H,1-6H2,(H,17,18). The van der Waals surface area contributed by atoms with Crippen LogP contribution in [0, 0.1) is 0 Å². The molecule has 110 valence electrons. The smallest absolute Gasteiger partial charge is 0.335 e. The van der Waals surface area contributed by atoms with E-state index < -0.39 is 5.97 Å². The Morgan fingerprint density at radius 2 is 2.10 bits per heavy atom. The normalized spacial score (nSPS) is 18.2. The Balaban J connectivity index is 1.87. The molecule has 0 aromatic heterocycles. The predicted octanol–water partition coefficient (Wildman–Crippen LogP) is 4.25. The van der Waals surface area contributed by atoms with Crippen LogP contribution in [0.4, 0.5) is 0 Å². The van der Waals surface area contributed by atoms with Gasteiger partial charge in [0.25, 0.3) is 0 Å². The molecule has 1 N–H and O–H groups in total. The molecule has 2 rings (SSSR count). The molecule has 1 saturated heterocycles. The van der Waals surface area contributed by atoms with Crippen LogP contribution in [0.1, 0.15) is 36.0 Å². The first kappa shape index (κ1) is 15.8. The Morgan fingerprint density at radius 1 is 1.40 bits per heavy atom. The number of rotatable bonds is 6. The zero-order valence-electron chi connectivity index (χ0n) is 10.9. The number of carbonyl (C=O) groups is 1. The van der Waals surface area contributed by atoms with Crippen molar-refractivity contribution in [3.05, 3.63) is 26.6 Å². The van der Waals surface area contributed by atoms with E-state index in [2.05, 4.69) is 31.9 Å². The van der Waals surface area contributed by atoms with Crippen molar-refractivity contribution in [3.63, 3.8) is 0 Å². The lowest BCUT2D eigenvalue weighted by Crippen LogP contribution is -2.08. The molecule has 1 atom stereocenters. The van der Waals surface area contributed by atoms with Gasteiger partial charge in [0.2, 0.25) is 0 Å². The molecule has 0 spiro atoms. The quantitative estimate of drug-likeness (QED) is 0.716. The first-order valence-corrected chi connectivity index (χ1v) is 8.13. The molecule has 1 unspecified atom stereocenters. The van der Waals surface area contributed by atoms with E-state index in [0.717, 1.165) is 32.3 Å². The van der Waals surface area contributed by atoms with E-state index in [-0.39, 0.29) is 5.56 Å². The van der Waals surface area contributed by atoms with Crippen LogP contribution in [0.15, 0.2) is 21.1 Å². The molecular formula is C14H16Br2O4. The Kier molecular flexibility index (Phi) is 5.86. The number of aromatic carboxylic acids is 1. The maximum atomic E-state index is 10.9. The lowest BCUT2D eigenvalue weighted by Gasteiger charge is -2.13. The minimum atomic E-state index is -0.962. The number of benzene rings is 1. The zero-order valence-corrected chi connectivity index (χ0v) is 14.1. The molecule has 1 aliphatic heterocycles. The summed E-state index contributed by atoms with van der Waals surface area (Å²) in [6, 6.07) is 3.09. The first-order valence-electron chi connectivity index (χ1n) is 6.54. The third-order valence-corrected chi connectivity index (χ3v) is 4.36. The van der Waals surface area contributed by atoms with Crippen LogP contribution in [0.25, 0.3) is 0 Å². The third-order valence-electron chi connectivity index (χ3n) is 3.19. The van der Waals surface area contributed by atoms with E-state index in [4.69, 9.17) is 14.6 Å². The van der Waals surface area contributed by atoms with Crippen LogP contribution in [0.2, 0.25) is 0 Å². The third kappa shape index (κ3) is 4.20. The van der Waals surface area contributed by atoms with Crippen LogP contribution in [0.3, 0.4) is 0 Å². The van der Waals surface area contributed by atoms with Crippen molar-refractivity contribution in [1.82, 2.24) is 0 Å². The van der Waals surface area contributed by atoms with Crippen molar-refractivity contribution in [2.75, 3.05) is 13.2 Å². The van der Waals surface area contributed by atoms with Crippen molar-refractivity contribution < 1.29 is 19.4 Å². The van der Waals surface area contributed by atoms with Crippen molar-refractivity contribution in [3.8, 4) is 5.75 Å². The summed E-state index contributed by atoms with van der Waals surface area (Å²) in [6.07, 6.45) is 4.59. The largest absolute Gasteiger partial charge is 0.491 e. The molecule has 1 aliphatic rings. The van der Waals surface area contributed by atoms with Crippen LogP contribution < -0.4 is 4.74 Å². The minimum absolute atomic E-state index is 0.218. The van der Waals surface area contributed by atoms with Crippen molar-refractivity contribution in [1.29, 1.82) is 0 Å². The van der Waals surface area contributed by atoms with Crippen LogP contribution in [-0.4, -0.2) is 30.4 Å². The van der Waals surface area contributed by atoms with Crippen LogP contribution >= 0.6 is 31.9 Å². The molecule has 0 aliphatic carbocycles. The molecule has 1 aromatic carbocycles. The summed E-state index contributed by atoms with van der Waals surface area (Å²) in [5, 5.41) is 8.96. The average molecular weight is 408 g/mol. The predicted molar refractivity (Wildman–Crippen MR) is 82.5 cm³/mol. The lowest BCUT2D eigenvalue weighted by atomic mass is 10.1. The second-order valence-electron chi connectivity index (χ2n) is 4.70. The summed E-state index contributed by atoms with van der Waals surface area (Å²) < 4.78 is 12.6. The van der Waals surface area contributed by atoms with Crippen LogP contribution in [0.5, 0.6) is 5.75 Å². The fourth-order valence-corrected chi connectivity index (χ4v) is 3.59. The number of halogens is 2. The highest BCUT2D eigenvalue weighted by atomic mass is 79.9. The topological polar surface area (TPSA) is 55.8 Å². The molecule has 1 heterocycles. The van der Waals surface area contributed by atoms with Gasteiger partial charge >= 0.3 is 5.97 Å². The summed E-state index contributed by atoms with van der Waals surface area (Å²) in [5.74, 6) is -0.321. The maximum absolute atomic E-state index is 10.9. The molecule has 20 heavy (non-hydrogen) atoms. The fraction of sp³-hybridized carbons (Fsp3) is 0.500. The molecule has 1 fully saturated rings. The summed E-state index contributed by atoms with van der Waals surface area (Å²) in [7, 11) is 0. The first-order chi connectivity index (χ1) is 9.58. The Hall–Kier alpha value is -0.590. The van der Waals surface area contributed by atoms with Crippen molar-refractivity contribution in [2.45, 2.75) is 31.8 Å². The molecule has 0 saturated carbocycles. The monoisotopic (exact) mass is 406 g/mol. The summed E-state index contributed by atoms with van der Waals surface area (Å²) in [6.45, 7) is 1.46. The number of carboxylic acid groups (broad SMARTS) is 1. The summed E-state index contributed by atoms with van der Waals surface area (Å²) in [5.41, 5.74) is 0.218. The van der Waals surface area contributed by atoms with Gasteiger partial charge in [-0.05, 0) is 69.7 Å². The summed E-state index contributed by atoms with van der Waals surface area (Å²) >= 11 is 6.68. The summed E-state index contributed by atoms with van der Waals surface area (Å²) in [4.78, 5) is 10.9. The van der Waals surface area contributed by atoms with E-state index in [1.54, 1.807) is 12.1 Å². The molecule has 6 heteroatoms. The van der Waals surface area contributed by atoms with E-state index in [1.807, 2.05) is 0 Å². The highest BCUT2D eigenvalue weighted by Gasteiger charge is 2.16. The van der Waals surface area contributed by atoms with Gasteiger partial charge in [-0.3, -0.25) is 0 Å². The lowest BCUT2D eigenvalue weighted by molar-refractivity contribution is 0.0696. The van der Waals surface area contributed by atoms with Crippen LogP contribution in [-0.2, 0) is 4.74 Å². The Bertz CT molecular complexity index is 461. The fourth-order valence-electron chi connectivity index (χ4n) is 2.18. The maximum Gasteiger partial charge on any atom is 0.335 e. The minimum Gasteiger partial charge on any atom is -0.491 e. The molecule has 0 amide bonds. The van der Waals surface area contributed by atoms with Gasteiger partial charge in [0.05, 0.1) is 27.2 Å². The highest BCUT2D eigenvalue weighted by molar-refractivity contribution is 9.11. The number of hydrogen-bond acceptors (Lipinski definition) is 3. The number of ether oxygens (including phenoxy) is 2. The second kappa shape index (κ2) is 7.43. The molecule has 4 nitrogen and oxygen atoms in total. The zero-order chi connectivity index (χ0) is 14.5. The Labute approximate surface area is 134 Å². The van der Waals surface area contributed by atoms with E-state index in [1.165, 1.54) is 0 Å². The average Bonchev–Trinajstić information content (AvgIpc) is 2.89. The van der Waals surface area contributed by atoms with Gasteiger partial charge in [-0.15, -0.1) is 0 Å². The number of carboxylic acids is 1. The molecule has 0 bridgehead atoms. The van der Waals surface area contributed by atoms with E-state index >= 15 is 0 Å². The molecular weight excluding hydrogens is 392 g/mol. The van der Waals surface area contributed by atoms with Gasteiger partial charge in [-0.25, -0.2) is 4.79 Å².